The van der Waals surface area contributed by atoms with Gasteiger partial charge in [-0.3, -0.25) is 0 Å². The Labute approximate surface area is 82.1 Å². The molecule has 0 bridgehead atoms. The van der Waals surface area contributed by atoms with Crippen LogP contribution in [-0.4, -0.2) is 36.4 Å². The molecule has 0 saturated heterocycles. The number of hydrogen-bond donors (Lipinski definition) is 1. The van der Waals surface area contributed by atoms with Gasteiger partial charge in [0, 0.05) is 12.0 Å². The van der Waals surface area contributed by atoms with Gasteiger partial charge in [0.05, 0.1) is 19.3 Å². The smallest absolute Gasteiger partial charge is 0.333 e. The molecule has 0 radical (unpaired) electrons. The lowest BCUT2D eigenvalue weighted by molar-refractivity contribution is -0.139. The van der Waals surface area contributed by atoms with Crippen molar-refractivity contribution in [2.24, 2.45) is 4.99 Å². The van der Waals surface area contributed by atoms with Crippen molar-refractivity contribution in [1.29, 1.82) is 0 Å². The molecule has 1 unspecified atom stereocenters. The van der Waals surface area contributed by atoms with Gasteiger partial charge in [-0.15, -0.1) is 0 Å². The molecule has 0 amide bonds. The molecule has 14 heavy (non-hydrogen) atoms. The molecule has 0 heterocycles. The van der Waals surface area contributed by atoms with E-state index in [4.69, 9.17) is 9.84 Å². The van der Waals surface area contributed by atoms with Crippen LogP contribution in [0.1, 0.15) is 13.3 Å². The molecule has 1 N–H and O–H groups in total. The SMILES string of the molecule is C=C(C)C(=O)OCCC(O)CN=C=O. The van der Waals surface area contributed by atoms with Gasteiger partial charge in [-0.05, 0) is 6.92 Å². The largest absolute Gasteiger partial charge is 0.462 e. The molecule has 0 rings (SSSR count). The highest BCUT2D eigenvalue weighted by atomic mass is 16.5. The Morgan fingerprint density at radius 3 is 2.86 bits per heavy atom. The Hall–Kier alpha value is -1.45. The standard InChI is InChI=1S/C9H13NO4/c1-7(2)9(13)14-4-3-8(12)5-10-6-11/h8,12H,1,3-5H2,2H3. The number of carbonyl (C=O) groups excluding carboxylic acids is 2. The first kappa shape index (κ1) is 12.6. The van der Waals surface area contributed by atoms with Crippen LogP contribution < -0.4 is 0 Å². The van der Waals surface area contributed by atoms with E-state index in [1.165, 1.54) is 13.0 Å². The summed E-state index contributed by atoms with van der Waals surface area (Å²) in [7, 11) is 0. The highest BCUT2D eigenvalue weighted by Gasteiger charge is 2.06. The zero-order valence-corrected chi connectivity index (χ0v) is 8.02. The van der Waals surface area contributed by atoms with Gasteiger partial charge >= 0.3 is 5.97 Å². The van der Waals surface area contributed by atoms with E-state index in [1.807, 2.05) is 0 Å². The van der Waals surface area contributed by atoms with Gasteiger partial charge in [-0.2, -0.15) is 0 Å². The van der Waals surface area contributed by atoms with Crippen LogP contribution in [0, 0.1) is 0 Å². The van der Waals surface area contributed by atoms with Gasteiger partial charge in [0.25, 0.3) is 0 Å². The zero-order chi connectivity index (χ0) is 11.0. The van der Waals surface area contributed by atoms with Gasteiger partial charge in [-0.1, -0.05) is 6.58 Å². The van der Waals surface area contributed by atoms with E-state index in [1.54, 1.807) is 0 Å². The third-order valence-corrected chi connectivity index (χ3v) is 1.40. The molecule has 0 aromatic heterocycles. The van der Waals surface area contributed by atoms with Crippen molar-refractivity contribution in [3.05, 3.63) is 12.2 Å². The van der Waals surface area contributed by atoms with E-state index in [-0.39, 0.29) is 19.6 Å². The number of aliphatic imine (C=N–C) groups is 1. The number of ether oxygens (including phenoxy) is 1. The molecule has 0 aromatic carbocycles. The molecule has 5 nitrogen and oxygen atoms in total. The highest BCUT2D eigenvalue weighted by molar-refractivity contribution is 5.86. The molecule has 0 aliphatic heterocycles. The van der Waals surface area contributed by atoms with Crippen molar-refractivity contribution in [2.45, 2.75) is 19.4 Å². The number of aliphatic hydroxyl groups excluding tert-OH is 1. The fraction of sp³-hybridized carbons (Fsp3) is 0.556. The third kappa shape index (κ3) is 6.11. The van der Waals surface area contributed by atoms with Crippen molar-refractivity contribution < 1.29 is 19.4 Å². The quantitative estimate of drug-likeness (QED) is 0.287. The van der Waals surface area contributed by atoms with Crippen LogP contribution in [-0.2, 0) is 14.3 Å². The zero-order valence-electron chi connectivity index (χ0n) is 8.02. The Balaban J connectivity index is 3.58. The Bertz CT molecular complexity index is 256. The van der Waals surface area contributed by atoms with Crippen molar-refractivity contribution in [3.63, 3.8) is 0 Å². The minimum atomic E-state index is -0.783. The fourth-order valence-corrected chi connectivity index (χ4v) is 0.645. The van der Waals surface area contributed by atoms with E-state index in [9.17, 15) is 9.59 Å². The van der Waals surface area contributed by atoms with E-state index >= 15 is 0 Å². The summed E-state index contributed by atoms with van der Waals surface area (Å²) in [6.07, 6.45) is 0.766. The van der Waals surface area contributed by atoms with Crippen LogP contribution >= 0.6 is 0 Å². The number of hydrogen-bond acceptors (Lipinski definition) is 5. The molecule has 0 aliphatic rings. The Morgan fingerprint density at radius 1 is 1.71 bits per heavy atom. The molecular weight excluding hydrogens is 186 g/mol. The van der Waals surface area contributed by atoms with Crippen LogP contribution in [0.25, 0.3) is 0 Å². The average Bonchev–Trinajstić information content (AvgIpc) is 2.14. The lowest BCUT2D eigenvalue weighted by atomic mass is 10.3. The second-order valence-electron chi connectivity index (χ2n) is 2.79. The number of rotatable bonds is 6. The molecule has 0 fully saturated rings. The van der Waals surface area contributed by atoms with Crippen LogP contribution in [0.5, 0.6) is 0 Å². The van der Waals surface area contributed by atoms with E-state index in [0.29, 0.717) is 5.57 Å². The van der Waals surface area contributed by atoms with Gasteiger partial charge in [0.2, 0.25) is 6.08 Å². The molecular formula is C9H13NO4. The minimum absolute atomic E-state index is 0.0197. The summed E-state index contributed by atoms with van der Waals surface area (Å²) in [6, 6.07) is 0. The van der Waals surface area contributed by atoms with Gasteiger partial charge in [0.15, 0.2) is 0 Å². The second-order valence-corrected chi connectivity index (χ2v) is 2.79. The van der Waals surface area contributed by atoms with Gasteiger partial charge < -0.3 is 9.84 Å². The topological polar surface area (TPSA) is 76.0 Å². The third-order valence-electron chi connectivity index (χ3n) is 1.40. The predicted molar refractivity (Wildman–Crippen MR) is 49.4 cm³/mol. The number of aliphatic hydroxyl groups is 1. The first-order valence-electron chi connectivity index (χ1n) is 4.12. The van der Waals surface area contributed by atoms with E-state index in [0.717, 1.165) is 0 Å². The van der Waals surface area contributed by atoms with Crippen LogP contribution in [0.2, 0.25) is 0 Å². The number of esters is 1. The predicted octanol–water partition coefficient (Wildman–Crippen LogP) is 0.192. The normalized spacial score (nSPS) is 11.3. The van der Waals surface area contributed by atoms with Crippen LogP contribution in [0.15, 0.2) is 17.1 Å². The maximum Gasteiger partial charge on any atom is 0.333 e. The molecule has 1 atom stereocenters. The molecule has 0 aliphatic carbocycles. The summed E-state index contributed by atoms with van der Waals surface area (Å²) in [5.41, 5.74) is 0.311. The van der Waals surface area contributed by atoms with E-state index < -0.39 is 12.1 Å². The number of carbonyl (C=O) groups is 1. The lowest BCUT2D eigenvalue weighted by Gasteiger charge is -2.07. The fourth-order valence-electron chi connectivity index (χ4n) is 0.645. The Morgan fingerprint density at radius 2 is 2.36 bits per heavy atom. The second kappa shape index (κ2) is 7.00. The maximum atomic E-state index is 10.8. The van der Waals surface area contributed by atoms with Crippen LogP contribution in [0.4, 0.5) is 0 Å². The summed E-state index contributed by atoms with van der Waals surface area (Å²) in [6.45, 7) is 5.00. The van der Waals surface area contributed by atoms with Crippen molar-refractivity contribution in [3.8, 4) is 0 Å². The van der Waals surface area contributed by atoms with Crippen molar-refractivity contribution >= 4 is 12.0 Å². The molecule has 5 heteroatoms. The first-order chi connectivity index (χ1) is 6.57. The summed E-state index contributed by atoms with van der Waals surface area (Å²) >= 11 is 0. The summed E-state index contributed by atoms with van der Waals surface area (Å²) in [5.74, 6) is -0.490. The van der Waals surface area contributed by atoms with E-state index in [2.05, 4.69) is 11.6 Å². The average molecular weight is 199 g/mol. The van der Waals surface area contributed by atoms with Gasteiger partial charge in [-0.25, -0.2) is 14.6 Å². The van der Waals surface area contributed by atoms with Crippen molar-refractivity contribution in [2.75, 3.05) is 13.2 Å². The van der Waals surface area contributed by atoms with Crippen LogP contribution in [0.3, 0.4) is 0 Å². The lowest BCUT2D eigenvalue weighted by Crippen LogP contribution is -2.16. The first-order valence-corrected chi connectivity index (χ1v) is 4.12. The Kier molecular flexibility index (Phi) is 6.28. The molecule has 0 aromatic rings. The number of nitrogens with zero attached hydrogens (tertiary/aromatic N) is 1. The van der Waals surface area contributed by atoms with Gasteiger partial charge in [0.1, 0.15) is 0 Å². The molecule has 0 spiro atoms. The number of isocyanates is 1. The maximum absolute atomic E-state index is 10.8. The summed E-state index contributed by atoms with van der Waals surface area (Å²) in [4.78, 5) is 23.7. The van der Waals surface area contributed by atoms with Crippen molar-refractivity contribution in [1.82, 2.24) is 0 Å². The minimum Gasteiger partial charge on any atom is -0.462 e. The highest BCUT2D eigenvalue weighted by Crippen LogP contribution is 1.97. The summed E-state index contributed by atoms with van der Waals surface area (Å²) in [5, 5.41) is 9.15. The molecule has 78 valence electrons. The monoisotopic (exact) mass is 199 g/mol. The summed E-state index contributed by atoms with van der Waals surface area (Å²) < 4.78 is 4.72. The molecule has 0 saturated carbocycles.